The minimum atomic E-state index is -1.48. The predicted octanol–water partition coefficient (Wildman–Crippen LogP) is 4.26. The van der Waals surface area contributed by atoms with E-state index in [4.69, 9.17) is 33.0 Å². The van der Waals surface area contributed by atoms with Crippen LogP contribution in [0.2, 0.25) is 10.0 Å². The minimum Gasteiger partial charge on any atom is -0.456 e. The number of carboxylic acid groups (broad SMARTS) is 1. The quantitative estimate of drug-likeness (QED) is 0.462. The van der Waals surface area contributed by atoms with Crippen LogP contribution in [0.3, 0.4) is 0 Å². The van der Waals surface area contributed by atoms with E-state index in [0.717, 1.165) is 0 Å². The van der Waals surface area contributed by atoms with Gasteiger partial charge in [-0.25, -0.2) is 14.5 Å². The highest BCUT2D eigenvalue weighted by Gasteiger charge is 2.13. The first kappa shape index (κ1) is 18.8. The monoisotopic (exact) mass is 432 g/mol. The number of ether oxygens (including phenoxy) is 2. The number of aromatic amines is 1. The average Bonchev–Trinajstić information content (AvgIpc) is 3.12. The third kappa shape index (κ3) is 4.00. The van der Waals surface area contributed by atoms with E-state index in [1.165, 1.54) is 29.2 Å². The predicted molar refractivity (Wildman–Crippen MR) is 105 cm³/mol. The maximum atomic E-state index is 12.5. The molecule has 0 aliphatic carbocycles. The van der Waals surface area contributed by atoms with E-state index in [-0.39, 0.29) is 27.9 Å². The Bertz CT molecular complexity index is 1280. The van der Waals surface area contributed by atoms with Crippen LogP contribution in [-0.2, 0) is 0 Å². The summed E-state index contributed by atoms with van der Waals surface area (Å²) in [5.74, 6) is 0.812. The highest BCUT2D eigenvalue weighted by Crippen LogP contribution is 2.32. The van der Waals surface area contributed by atoms with E-state index in [2.05, 4.69) is 19.8 Å². The van der Waals surface area contributed by atoms with Crippen LogP contribution in [0.4, 0.5) is 4.79 Å². The molecule has 0 bridgehead atoms. The fourth-order valence-corrected chi connectivity index (χ4v) is 2.84. The van der Waals surface area contributed by atoms with Gasteiger partial charge in [0.05, 0.1) is 28.3 Å². The smallest absolute Gasteiger partial charge is 0.456 e. The van der Waals surface area contributed by atoms with Gasteiger partial charge in [0.15, 0.2) is 5.75 Å². The van der Waals surface area contributed by atoms with Gasteiger partial charge in [0.2, 0.25) is 5.95 Å². The number of aromatic nitrogens is 4. The molecule has 11 heteroatoms. The lowest BCUT2D eigenvalue weighted by Gasteiger charge is -2.09. The summed E-state index contributed by atoms with van der Waals surface area (Å²) in [5, 5.41) is 13.6. The Morgan fingerprint density at radius 2 is 1.90 bits per heavy atom. The van der Waals surface area contributed by atoms with E-state index < -0.39 is 11.7 Å². The first-order valence-corrected chi connectivity index (χ1v) is 8.77. The molecule has 9 nitrogen and oxygen atoms in total. The Morgan fingerprint density at radius 3 is 2.62 bits per heavy atom. The molecule has 0 aliphatic heterocycles. The van der Waals surface area contributed by atoms with Gasteiger partial charge in [-0.05, 0) is 36.4 Å². The Hall–Kier alpha value is -3.56. The van der Waals surface area contributed by atoms with Gasteiger partial charge in [0.25, 0.3) is 5.56 Å². The first-order chi connectivity index (χ1) is 13.9. The van der Waals surface area contributed by atoms with Gasteiger partial charge in [-0.2, -0.15) is 5.10 Å². The lowest BCUT2D eigenvalue weighted by Crippen LogP contribution is -2.14. The van der Waals surface area contributed by atoms with Crippen LogP contribution in [0.5, 0.6) is 17.2 Å². The van der Waals surface area contributed by atoms with Crippen molar-refractivity contribution in [3.63, 3.8) is 0 Å². The van der Waals surface area contributed by atoms with Gasteiger partial charge < -0.3 is 14.6 Å². The zero-order valence-electron chi connectivity index (χ0n) is 14.3. The molecule has 2 heterocycles. The fraction of sp³-hybridized carbons (Fsp3) is 0. The van der Waals surface area contributed by atoms with Crippen LogP contribution in [0.1, 0.15) is 0 Å². The molecule has 2 aromatic heterocycles. The van der Waals surface area contributed by atoms with Crippen LogP contribution >= 0.6 is 23.2 Å². The van der Waals surface area contributed by atoms with Gasteiger partial charge in [-0.1, -0.05) is 23.2 Å². The lowest BCUT2D eigenvalue weighted by molar-refractivity contribution is 0.144. The Balaban J connectivity index is 1.71. The summed E-state index contributed by atoms with van der Waals surface area (Å²) in [6.45, 7) is 0. The average molecular weight is 433 g/mol. The molecule has 2 aromatic carbocycles. The molecule has 0 amide bonds. The highest BCUT2D eigenvalue weighted by atomic mass is 35.5. The summed E-state index contributed by atoms with van der Waals surface area (Å²) >= 11 is 12.1. The van der Waals surface area contributed by atoms with Gasteiger partial charge in [-0.15, -0.1) is 0 Å². The summed E-state index contributed by atoms with van der Waals surface area (Å²) in [4.78, 5) is 30.0. The molecule has 0 fully saturated rings. The summed E-state index contributed by atoms with van der Waals surface area (Å²) < 4.78 is 11.4. The van der Waals surface area contributed by atoms with Crippen molar-refractivity contribution in [2.45, 2.75) is 0 Å². The third-order valence-electron chi connectivity index (χ3n) is 3.77. The number of hydrogen-bond donors (Lipinski definition) is 2. The lowest BCUT2D eigenvalue weighted by atomic mass is 10.2. The number of hydrogen-bond acceptors (Lipinski definition) is 6. The molecule has 0 radical (unpaired) electrons. The standard InChI is InChI=1S/C18H10Cl2N4O5/c19-9-1-3-10(4-2-9)28-15-5-12-14(6-13(15)20)22-17(23-16(12)25)24-8-11(7-21-24)29-18(26)27/h1-8H,(H,26,27)(H,22,23,25). The summed E-state index contributed by atoms with van der Waals surface area (Å²) in [6, 6.07) is 9.63. The zero-order valence-corrected chi connectivity index (χ0v) is 15.8. The number of H-pyrrole nitrogens is 1. The van der Waals surface area contributed by atoms with Crippen molar-refractivity contribution in [3.05, 3.63) is 69.2 Å². The molecule has 146 valence electrons. The van der Waals surface area contributed by atoms with Crippen molar-refractivity contribution in [1.29, 1.82) is 0 Å². The van der Waals surface area contributed by atoms with Crippen molar-refractivity contribution >= 4 is 40.3 Å². The van der Waals surface area contributed by atoms with Crippen LogP contribution in [0.25, 0.3) is 16.9 Å². The van der Waals surface area contributed by atoms with Crippen molar-refractivity contribution < 1.29 is 19.4 Å². The third-order valence-corrected chi connectivity index (χ3v) is 4.32. The zero-order chi connectivity index (χ0) is 20.5. The number of fused-ring (bicyclic) bond motifs is 1. The van der Waals surface area contributed by atoms with Crippen molar-refractivity contribution in [3.8, 4) is 23.2 Å². The fourth-order valence-electron chi connectivity index (χ4n) is 2.52. The van der Waals surface area contributed by atoms with Crippen molar-refractivity contribution in [2.24, 2.45) is 0 Å². The van der Waals surface area contributed by atoms with Gasteiger partial charge in [-0.3, -0.25) is 9.78 Å². The number of halogens is 2. The molecule has 4 aromatic rings. The number of nitrogens with one attached hydrogen (secondary N) is 1. The van der Waals surface area contributed by atoms with Crippen molar-refractivity contribution in [1.82, 2.24) is 19.7 Å². The van der Waals surface area contributed by atoms with Gasteiger partial charge in [0.1, 0.15) is 11.5 Å². The van der Waals surface area contributed by atoms with E-state index in [9.17, 15) is 9.59 Å². The second-order valence-corrected chi connectivity index (χ2v) is 6.58. The van der Waals surface area contributed by atoms with Crippen LogP contribution in [0, 0.1) is 0 Å². The molecule has 0 unspecified atom stereocenters. The first-order valence-electron chi connectivity index (χ1n) is 8.02. The van der Waals surface area contributed by atoms with Gasteiger partial charge in [0, 0.05) is 5.02 Å². The molecule has 0 atom stereocenters. The summed E-state index contributed by atoms with van der Waals surface area (Å²) in [5.41, 5.74) is -0.160. The molecular weight excluding hydrogens is 423 g/mol. The topological polar surface area (TPSA) is 119 Å². The molecule has 0 spiro atoms. The van der Waals surface area contributed by atoms with Crippen molar-refractivity contribution in [2.75, 3.05) is 0 Å². The maximum Gasteiger partial charge on any atom is 0.511 e. The van der Waals surface area contributed by atoms with E-state index >= 15 is 0 Å². The summed E-state index contributed by atoms with van der Waals surface area (Å²) in [6.07, 6.45) is 0.955. The minimum absolute atomic E-state index is 0.0232. The SMILES string of the molecule is O=C(O)Oc1cnn(-c2nc3cc(Cl)c(Oc4ccc(Cl)cc4)cc3c(=O)[nH]2)c1. The second kappa shape index (κ2) is 7.46. The van der Waals surface area contributed by atoms with Crippen LogP contribution in [0.15, 0.2) is 53.6 Å². The van der Waals surface area contributed by atoms with Crippen LogP contribution in [-0.4, -0.2) is 31.0 Å². The Labute approximate surface area is 172 Å². The van der Waals surface area contributed by atoms with E-state index in [0.29, 0.717) is 16.3 Å². The van der Waals surface area contributed by atoms with E-state index in [1.54, 1.807) is 24.3 Å². The van der Waals surface area contributed by atoms with Crippen LogP contribution < -0.4 is 15.0 Å². The maximum absolute atomic E-state index is 12.5. The number of benzene rings is 2. The van der Waals surface area contributed by atoms with E-state index in [1.807, 2.05) is 0 Å². The molecule has 29 heavy (non-hydrogen) atoms. The summed E-state index contributed by atoms with van der Waals surface area (Å²) in [7, 11) is 0. The molecule has 0 saturated heterocycles. The highest BCUT2D eigenvalue weighted by molar-refractivity contribution is 6.32. The Kier molecular flexibility index (Phi) is 4.83. The molecular formula is C18H10Cl2N4O5. The van der Waals surface area contributed by atoms with Gasteiger partial charge >= 0.3 is 6.16 Å². The second-order valence-electron chi connectivity index (χ2n) is 5.73. The molecule has 2 N–H and O–H groups in total. The number of rotatable bonds is 4. The number of carbonyl (C=O) groups is 1. The number of nitrogens with zero attached hydrogens (tertiary/aromatic N) is 3. The Morgan fingerprint density at radius 1 is 1.14 bits per heavy atom. The molecule has 0 aliphatic rings. The largest absolute Gasteiger partial charge is 0.511 e. The molecule has 0 saturated carbocycles. The normalized spacial score (nSPS) is 10.8. The molecule has 4 rings (SSSR count).